The van der Waals surface area contributed by atoms with Gasteiger partial charge in [-0.05, 0) is 130 Å². The lowest BCUT2D eigenvalue weighted by Gasteiger charge is -2.41. The molecule has 68 heavy (non-hydrogen) atoms. The second kappa shape index (κ2) is 15.0. The fourth-order valence-electron chi connectivity index (χ4n) is 12.1. The summed E-state index contributed by atoms with van der Waals surface area (Å²) in [6.45, 7) is 4.74. The van der Waals surface area contributed by atoms with Gasteiger partial charge in [0.15, 0.2) is 0 Å². The normalized spacial score (nSPS) is 20.5. The predicted molar refractivity (Wildman–Crippen MR) is 284 cm³/mol. The van der Waals surface area contributed by atoms with Crippen LogP contribution in [0.4, 0.5) is 17.1 Å². The fourth-order valence-corrected chi connectivity index (χ4v) is 12.1. The molecule has 0 spiro atoms. The smallest absolute Gasteiger partial charge is 0.241 e. The van der Waals surface area contributed by atoms with Crippen LogP contribution in [0.3, 0.4) is 0 Å². The Morgan fingerprint density at radius 2 is 1.32 bits per heavy atom. The van der Waals surface area contributed by atoms with Crippen LogP contribution in [0.15, 0.2) is 217 Å². The van der Waals surface area contributed by atoms with E-state index in [1.54, 1.807) is 0 Å². The third-order valence-electron chi connectivity index (χ3n) is 15.4. The number of nitrogens with zero attached hydrogens (tertiary/aromatic N) is 3. The van der Waals surface area contributed by atoms with Gasteiger partial charge in [0.05, 0.1) is 22.1 Å². The van der Waals surface area contributed by atoms with Gasteiger partial charge < -0.3 is 9.47 Å². The maximum Gasteiger partial charge on any atom is 0.241 e. The molecule has 4 atom stereocenters. The van der Waals surface area contributed by atoms with Crippen molar-refractivity contribution in [3.63, 3.8) is 0 Å². The Kier molecular flexibility index (Phi) is 8.63. The minimum absolute atomic E-state index is 0.131. The highest BCUT2D eigenvalue weighted by Gasteiger charge is 2.48. The highest BCUT2D eigenvalue weighted by Crippen LogP contribution is 2.57. The molecule has 1 aromatic heterocycles. The molecule has 0 saturated heterocycles. The molecule has 4 aliphatic rings. The number of nitrogens with one attached hydrogen (secondary N) is 1. The number of aliphatic imine (C=N–C) groups is 1. The van der Waals surface area contributed by atoms with Crippen LogP contribution in [-0.2, 0) is 6.42 Å². The van der Waals surface area contributed by atoms with E-state index in [0.717, 1.165) is 24.2 Å². The van der Waals surface area contributed by atoms with Crippen LogP contribution in [0, 0.1) is 5.92 Å². The highest BCUT2D eigenvalue weighted by molar-refractivity contribution is 6.11. The molecular formula is C64H49N4+. The van der Waals surface area contributed by atoms with Crippen LogP contribution >= 0.6 is 0 Å². The van der Waals surface area contributed by atoms with E-state index < -0.39 is 0 Å². The first kappa shape index (κ1) is 39.1. The lowest BCUT2D eigenvalue weighted by molar-refractivity contribution is -0.792. The summed E-state index contributed by atoms with van der Waals surface area (Å²) in [5.41, 5.74) is 17.2. The van der Waals surface area contributed by atoms with E-state index in [2.05, 4.69) is 242 Å². The predicted octanol–water partition coefficient (Wildman–Crippen LogP) is 14.8. The maximum absolute atomic E-state index is 5.60. The van der Waals surface area contributed by atoms with Crippen molar-refractivity contribution >= 4 is 83.5 Å². The van der Waals surface area contributed by atoms with Gasteiger partial charge in [-0.3, -0.25) is 0 Å². The van der Waals surface area contributed by atoms with E-state index in [-0.39, 0.29) is 11.7 Å². The third kappa shape index (κ3) is 5.87. The van der Waals surface area contributed by atoms with Crippen LogP contribution < -0.4 is 9.80 Å². The Hall–Kier alpha value is -8.05. The molecule has 0 saturated carbocycles. The quantitative estimate of drug-likeness (QED) is 0.177. The zero-order valence-electron chi connectivity index (χ0n) is 38.2. The van der Waals surface area contributed by atoms with Gasteiger partial charge in [-0.2, -0.15) is 4.99 Å². The number of anilines is 2. The van der Waals surface area contributed by atoms with Crippen LogP contribution in [0.2, 0.25) is 0 Å². The molecule has 4 nitrogen and oxygen atoms in total. The Labute approximate surface area is 396 Å². The Balaban J connectivity index is 0.933. The number of quaternary nitrogens is 1. The van der Waals surface area contributed by atoms with E-state index in [9.17, 15) is 0 Å². The number of fused-ring (bicyclic) bond motifs is 9. The molecule has 324 valence electrons. The number of hydrogen-bond acceptors (Lipinski definition) is 2. The minimum atomic E-state index is -0.337. The molecule has 2 aliphatic carbocycles. The molecule has 4 unspecified atom stereocenters. The van der Waals surface area contributed by atoms with E-state index in [0.29, 0.717) is 5.92 Å². The minimum Gasteiger partial charge on any atom is -0.330 e. The zero-order chi connectivity index (χ0) is 45.1. The van der Waals surface area contributed by atoms with Gasteiger partial charge in [-0.15, -0.1) is 0 Å². The van der Waals surface area contributed by atoms with Crippen LogP contribution in [0.1, 0.15) is 59.8 Å². The van der Waals surface area contributed by atoms with E-state index in [1.165, 1.54) is 110 Å². The summed E-state index contributed by atoms with van der Waals surface area (Å²) in [5.74, 6) is 1.63. The second-order valence-electron chi connectivity index (χ2n) is 19.5. The number of hydrogen-bond donors (Lipinski definition) is 1. The summed E-state index contributed by atoms with van der Waals surface area (Å²) in [4.78, 5) is 9.54. The first-order chi connectivity index (χ1) is 33.5. The fraction of sp³-hybridized carbons (Fsp3) is 0.109. The molecule has 0 fully saturated rings. The van der Waals surface area contributed by atoms with E-state index >= 15 is 0 Å². The van der Waals surface area contributed by atoms with E-state index in [1.807, 2.05) is 0 Å². The molecular weight excluding hydrogens is 825 g/mol. The summed E-state index contributed by atoms with van der Waals surface area (Å²) in [7, 11) is 0. The molecule has 10 aromatic rings. The van der Waals surface area contributed by atoms with Crippen molar-refractivity contribution in [1.29, 1.82) is 0 Å². The van der Waals surface area contributed by atoms with Crippen molar-refractivity contribution in [2.24, 2.45) is 10.9 Å². The number of benzene rings is 9. The van der Waals surface area contributed by atoms with Gasteiger partial charge in [0, 0.05) is 56.8 Å². The molecule has 0 bridgehead atoms. The molecule has 2 aliphatic heterocycles. The van der Waals surface area contributed by atoms with Gasteiger partial charge >= 0.3 is 0 Å². The molecule has 14 rings (SSSR count). The summed E-state index contributed by atoms with van der Waals surface area (Å²) in [6.07, 6.45) is 11.3. The maximum atomic E-state index is 5.60. The molecule has 4 heteroatoms. The van der Waals surface area contributed by atoms with Gasteiger partial charge in [-0.1, -0.05) is 153 Å². The van der Waals surface area contributed by atoms with Crippen molar-refractivity contribution in [3.8, 4) is 5.69 Å². The number of aromatic nitrogens is 1. The van der Waals surface area contributed by atoms with E-state index in [4.69, 9.17) is 4.99 Å². The summed E-state index contributed by atoms with van der Waals surface area (Å²) >= 11 is 0. The molecule has 0 amide bonds. The van der Waals surface area contributed by atoms with Crippen molar-refractivity contribution in [1.82, 2.24) is 4.57 Å². The number of allylic oxidation sites excluding steroid dienone is 4. The van der Waals surface area contributed by atoms with Crippen LogP contribution in [0.5, 0.6) is 0 Å². The second-order valence-corrected chi connectivity index (χ2v) is 19.5. The standard InChI is InChI=1S/C64H48N4/c1-41-26-28-43(29-27-41)45-18-13-19-49(37-45)67-62(47-31-30-42-14-3-4-15-44(42)36-47)65-63(67)55-33-35-60(52-21-8-7-20-51(52)55)68-61-34-32-50(66-58-24-11-9-22-53(58)54-23-10-12-25-59(54)66)39-56(61)57-38-46-16-5-6-17-48(46)40-64(57,68)2/h3-26,28-39,41,63H,27,40H2,1-2H3/p+1. The molecule has 9 aromatic carbocycles. The van der Waals surface area contributed by atoms with Crippen molar-refractivity contribution in [2.45, 2.75) is 38.4 Å². The Morgan fingerprint density at radius 1 is 0.603 bits per heavy atom. The Morgan fingerprint density at radius 3 is 2.13 bits per heavy atom. The summed E-state index contributed by atoms with van der Waals surface area (Å²) < 4.78 is 2.45. The molecule has 1 N–H and O–H groups in total. The van der Waals surface area contributed by atoms with Gasteiger partial charge in [0.2, 0.25) is 12.0 Å². The average Bonchev–Trinajstić information content (AvgIpc) is 3.83. The van der Waals surface area contributed by atoms with Crippen molar-refractivity contribution < 1.29 is 4.90 Å². The summed E-state index contributed by atoms with van der Waals surface area (Å²) in [5, 5.41) is 7.48. The topological polar surface area (TPSA) is 25.0 Å². The third-order valence-corrected chi connectivity index (χ3v) is 15.4. The number of rotatable bonds is 6. The average molecular weight is 874 g/mol. The molecule has 0 radical (unpaired) electrons. The highest BCUT2D eigenvalue weighted by atomic mass is 15.4. The van der Waals surface area contributed by atoms with Gasteiger partial charge in [-0.25, -0.2) is 4.90 Å². The lowest BCUT2D eigenvalue weighted by atomic mass is 9.77. The van der Waals surface area contributed by atoms with Crippen LogP contribution in [0.25, 0.3) is 66.3 Å². The van der Waals surface area contributed by atoms with Gasteiger partial charge in [0.25, 0.3) is 0 Å². The van der Waals surface area contributed by atoms with Crippen molar-refractivity contribution in [3.05, 3.63) is 246 Å². The first-order valence-electron chi connectivity index (χ1n) is 24.2. The monoisotopic (exact) mass is 873 g/mol. The van der Waals surface area contributed by atoms with Gasteiger partial charge in [0.1, 0.15) is 5.69 Å². The summed E-state index contributed by atoms with van der Waals surface area (Å²) in [6, 6.07) is 72.2. The largest absolute Gasteiger partial charge is 0.330 e. The molecule has 3 heterocycles. The van der Waals surface area contributed by atoms with Crippen molar-refractivity contribution in [2.75, 3.05) is 4.90 Å². The zero-order valence-corrected chi connectivity index (χ0v) is 38.2. The first-order valence-corrected chi connectivity index (χ1v) is 24.2. The number of para-hydroxylation sites is 2. The number of amidine groups is 1. The van der Waals surface area contributed by atoms with Crippen LogP contribution in [-0.4, -0.2) is 15.9 Å². The SMILES string of the molecule is CC1C=CC(c2cccc([NH+]3C(c4ccc5ccccc5c4)=NC3c3ccc(N4c5ccc(-n6c7ccccc7c7ccccc76)cc5C5=Cc6ccccc6CC54C)c4ccccc34)c2)=CC1. The lowest BCUT2D eigenvalue weighted by Crippen LogP contribution is -3.14. The Bertz CT molecular complexity index is 3830.